The number of carbonyl (C=O) groups is 1. The summed E-state index contributed by atoms with van der Waals surface area (Å²) in [7, 11) is 0. The molecule has 1 unspecified atom stereocenters. The van der Waals surface area contributed by atoms with Crippen LogP contribution >= 0.6 is 11.3 Å². The third-order valence-electron chi connectivity index (χ3n) is 4.04. The summed E-state index contributed by atoms with van der Waals surface area (Å²) in [6, 6.07) is 11.8. The second-order valence-electron chi connectivity index (χ2n) is 5.56. The van der Waals surface area contributed by atoms with Crippen molar-refractivity contribution in [1.82, 2.24) is 0 Å². The van der Waals surface area contributed by atoms with E-state index in [1.807, 2.05) is 24.3 Å². The summed E-state index contributed by atoms with van der Waals surface area (Å²) in [5.74, 6) is 0.0400. The van der Waals surface area contributed by atoms with E-state index in [1.54, 1.807) is 11.3 Å². The first-order chi connectivity index (χ1) is 10.1. The van der Waals surface area contributed by atoms with Gasteiger partial charge in [0.15, 0.2) is 0 Å². The van der Waals surface area contributed by atoms with Crippen LogP contribution in [0.4, 0.5) is 0 Å². The first-order valence-corrected chi connectivity index (χ1v) is 7.96. The lowest BCUT2D eigenvalue weighted by atomic mass is 9.77. The lowest BCUT2D eigenvalue weighted by Gasteiger charge is -2.34. The largest absolute Gasteiger partial charge is 0.492 e. The smallest absolute Gasteiger partial charge is 0.313 e. The van der Waals surface area contributed by atoms with Gasteiger partial charge in [-0.1, -0.05) is 25.1 Å². The van der Waals surface area contributed by atoms with Gasteiger partial charge in [-0.15, -0.1) is 11.3 Å². The van der Waals surface area contributed by atoms with Crippen LogP contribution in [0.3, 0.4) is 0 Å². The van der Waals surface area contributed by atoms with Crippen LogP contribution in [0.1, 0.15) is 22.2 Å². The van der Waals surface area contributed by atoms with E-state index in [0.29, 0.717) is 12.8 Å². The zero-order chi connectivity index (χ0) is 14.9. The molecule has 4 heteroatoms. The molecule has 0 spiro atoms. The molecular weight excluding hydrogens is 284 g/mol. The number of aliphatic carboxylic acids is 1. The predicted octanol–water partition coefficient (Wildman–Crippen LogP) is 3.56. The summed E-state index contributed by atoms with van der Waals surface area (Å²) in [4.78, 5) is 14.3. The molecule has 1 aliphatic heterocycles. The van der Waals surface area contributed by atoms with Crippen molar-refractivity contribution < 1.29 is 14.6 Å². The van der Waals surface area contributed by atoms with Crippen LogP contribution in [0.15, 0.2) is 36.4 Å². The van der Waals surface area contributed by atoms with Gasteiger partial charge in [-0.25, -0.2) is 0 Å². The monoisotopic (exact) mass is 302 g/mol. The number of hydrogen-bond acceptors (Lipinski definition) is 3. The molecule has 3 nitrogen and oxygen atoms in total. The third kappa shape index (κ3) is 2.68. The Morgan fingerprint density at radius 1 is 1.29 bits per heavy atom. The van der Waals surface area contributed by atoms with E-state index in [2.05, 4.69) is 19.1 Å². The molecule has 1 aromatic carbocycles. The second-order valence-corrected chi connectivity index (χ2v) is 6.81. The Hall–Kier alpha value is -1.81. The normalized spacial score (nSPS) is 20.6. The quantitative estimate of drug-likeness (QED) is 0.939. The van der Waals surface area contributed by atoms with E-state index in [1.165, 1.54) is 4.88 Å². The van der Waals surface area contributed by atoms with E-state index in [-0.39, 0.29) is 6.61 Å². The number of rotatable bonds is 4. The van der Waals surface area contributed by atoms with Crippen molar-refractivity contribution in [3.63, 3.8) is 0 Å². The molecule has 0 radical (unpaired) electrons. The van der Waals surface area contributed by atoms with Crippen LogP contribution in [0.25, 0.3) is 0 Å². The minimum absolute atomic E-state index is 0.235. The number of ether oxygens (including phenoxy) is 1. The van der Waals surface area contributed by atoms with Crippen LogP contribution < -0.4 is 4.74 Å². The van der Waals surface area contributed by atoms with Crippen molar-refractivity contribution in [3.05, 3.63) is 51.7 Å². The van der Waals surface area contributed by atoms with Crippen molar-refractivity contribution in [3.8, 4) is 5.75 Å². The summed E-state index contributed by atoms with van der Waals surface area (Å²) in [5.41, 5.74) is 0.128. The van der Waals surface area contributed by atoms with Gasteiger partial charge in [-0.3, -0.25) is 4.79 Å². The number of para-hydroxylation sites is 1. The topological polar surface area (TPSA) is 46.5 Å². The zero-order valence-electron chi connectivity index (χ0n) is 12.0. The molecule has 0 saturated carbocycles. The maximum absolute atomic E-state index is 11.9. The van der Waals surface area contributed by atoms with E-state index >= 15 is 0 Å². The Labute approximate surface area is 128 Å². The van der Waals surface area contributed by atoms with Crippen molar-refractivity contribution >= 4 is 17.3 Å². The van der Waals surface area contributed by atoms with Gasteiger partial charge in [0.25, 0.3) is 0 Å². The maximum Gasteiger partial charge on any atom is 0.313 e. The van der Waals surface area contributed by atoms with Gasteiger partial charge >= 0.3 is 5.97 Å². The molecule has 21 heavy (non-hydrogen) atoms. The molecule has 1 aromatic heterocycles. The Balaban J connectivity index is 1.89. The number of aryl methyl sites for hydroxylation is 1. The molecule has 3 rings (SSSR count). The molecule has 2 heterocycles. The third-order valence-corrected chi connectivity index (χ3v) is 5.27. The lowest BCUT2D eigenvalue weighted by Crippen LogP contribution is -2.43. The van der Waals surface area contributed by atoms with Gasteiger partial charge < -0.3 is 9.84 Å². The number of fused-ring (bicyclic) bond motifs is 1. The molecule has 0 fully saturated rings. The molecule has 1 aliphatic rings. The van der Waals surface area contributed by atoms with E-state index in [4.69, 9.17) is 4.74 Å². The molecule has 0 amide bonds. The summed E-state index contributed by atoms with van der Waals surface area (Å²) < 4.78 is 5.73. The highest BCUT2D eigenvalue weighted by Gasteiger charge is 2.43. The van der Waals surface area contributed by atoms with Gasteiger partial charge in [-0.2, -0.15) is 0 Å². The van der Waals surface area contributed by atoms with Gasteiger partial charge in [-0.05, 0) is 36.6 Å². The number of thiophene rings is 1. The van der Waals surface area contributed by atoms with Crippen molar-refractivity contribution in [1.29, 1.82) is 0 Å². The summed E-state index contributed by atoms with van der Waals surface area (Å²) in [5, 5.41) is 9.76. The minimum Gasteiger partial charge on any atom is -0.492 e. The van der Waals surface area contributed by atoms with E-state index in [9.17, 15) is 9.90 Å². The highest BCUT2D eigenvalue weighted by Crippen LogP contribution is 2.38. The van der Waals surface area contributed by atoms with Crippen LogP contribution in [-0.4, -0.2) is 17.7 Å². The summed E-state index contributed by atoms with van der Waals surface area (Å²) in [6.07, 6.45) is 2.04. The minimum atomic E-state index is -0.857. The molecular formula is C17H18O3S. The van der Waals surface area contributed by atoms with Crippen molar-refractivity contribution in [2.24, 2.45) is 5.41 Å². The highest BCUT2D eigenvalue weighted by molar-refractivity contribution is 7.12. The molecule has 0 aliphatic carbocycles. The first-order valence-electron chi connectivity index (χ1n) is 7.15. The number of benzene rings is 1. The molecule has 1 atom stereocenters. The molecule has 2 aromatic rings. The average molecular weight is 302 g/mol. The van der Waals surface area contributed by atoms with Crippen LogP contribution in [0.2, 0.25) is 0 Å². The van der Waals surface area contributed by atoms with E-state index in [0.717, 1.165) is 22.6 Å². The number of carboxylic acid groups (broad SMARTS) is 1. The summed E-state index contributed by atoms with van der Waals surface area (Å²) >= 11 is 1.70. The summed E-state index contributed by atoms with van der Waals surface area (Å²) in [6.45, 7) is 2.35. The van der Waals surface area contributed by atoms with Crippen molar-refractivity contribution in [2.45, 2.75) is 26.2 Å². The van der Waals surface area contributed by atoms with Gasteiger partial charge in [0.2, 0.25) is 0 Å². The second kappa shape index (κ2) is 5.53. The SMILES string of the molecule is CCc1ccc(CC2(C(=O)O)COc3ccccc3C2)s1. The maximum atomic E-state index is 11.9. The Morgan fingerprint density at radius 2 is 2.05 bits per heavy atom. The Bertz CT molecular complexity index is 662. The number of hydrogen-bond donors (Lipinski definition) is 1. The highest BCUT2D eigenvalue weighted by atomic mass is 32.1. The molecule has 110 valence electrons. The fraction of sp³-hybridized carbons (Fsp3) is 0.353. The lowest BCUT2D eigenvalue weighted by molar-refractivity contribution is -0.151. The van der Waals surface area contributed by atoms with E-state index < -0.39 is 11.4 Å². The Morgan fingerprint density at radius 3 is 2.76 bits per heavy atom. The standard InChI is InChI=1S/C17H18O3S/c1-2-13-7-8-14(21-13)10-17(16(18)19)9-12-5-3-4-6-15(12)20-11-17/h3-8H,2,9-11H2,1H3,(H,18,19). The Kier molecular flexibility index (Phi) is 3.72. The molecule has 1 N–H and O–H groups in total. The first kappa shape index (κ1) is 14.1. The van der Waals surface area contributed by atoms with Gasteiger partial charge in [0, 0.05) is 16.2 Å². The zero-order valence-corrected chi connectivity index (χ0v) is 12.8. The number of carboxylic acids is 1. The van der Waals surface area contributed by atoms with Crippen LogP contribution in [0, 0.1) is 5.41 Å². The van der Waals surface area contributed by atoms with Crippen LogP contribution in [0.5, 0.6) is 5.75 Å². The van der Waals surface area contributed by atoms with Crippen molar-refractivity contribution in [2.75, 3.05) is 6.61 Å². The fourth-order valence-electron chi connectivity index (χ4n) is 2.79. The predicted molar refractivity (Wildman–Crippen MR) is 83.1 cm³/mol. The average Bonchev–Trinajstić information content (AvgIpc) is 2.94. The molecule has 0 saturated heterocycles. The van der Waals surface area contributed by atoms with Gasteiger partial charge in [0.1, 0.15) is 17.8 Å². The molecule has 0 bridgehead atoms. The fourth-order valence-corrected chi connectivity index (χ4v) is 3.89. The van der Waals surface area contributed by atoms with Gasteiger partial charge in [0.05, 0.1) is 0 Å². The van der Waals surface area contributed by atoms with Crippen LogP contribution in [-0.2, 0) is 24.1 Å².